The Morgan fingerprint density at radius 1 is 0.537 bits per heavy atom. The minimum atomic E-state index is -0.684. The highest BCUT2D eigenvalue weighted by Gasteiger charge is 2.19. The first-order valence-electron chi connectivity index (χ1n) is 17.8. The van der Waals surface area contributed by atoms with Crippen LogP contribution in [0.2, 0.25) is 0 Å². The van der Waals surface area contributed by atoms with Gasteiger partial charge >= 0.3 is 5.97 Å². The van der Waals surface area contributed by atoms with Crippen molar-refractivity contribution in [2.24, 2.45) is 0 Å². The van der Waals surface area contributed by atoms with E-state index in [0.29, 0.717) is 132 Å². The van der Waals surface area contributed by atoms with Crippen LogP contribution in [-0.2, 0) is 61.6 Å². The lowest BCUT2D eigenvalue weighted by atomic mass is 10.2. The molecule has 0 bridgehead atoms. The predicted molar refractivity (Wildman–Crippen MR) is 193 cm³/mol. The second-order valence-corrected chi connectivity index (χ2v) is 11.9. The highest BCUT2D eigenvalue weighted by atomic mass is 16.6. The number of non-ortho nitro benzene ring substituents is 1. The van der Waals surface area contributed by atoms with Crippen molar-refractivity contribution in [2.45, 2.75) is 26.4 Å². The third-order valence-corrected chi connectivity index (χ3v) is 6.31. The molecule has 312 valence electrons. The van der Waals surface area contributed by atoms with Gasteiger partial charge in [0, 0.05) is 12.6 Å². The number of hydrogen-bond acceptors (Lipinski definition) is 18. The molecular weight excluding hydrogens is 722 g/mol. The van der Waals surface area contributed by atoms with Gasteiger partial charge < -0.3 is 62.2 Å². The Balaban J connectivity index is 1.72. The van der Waals surface area contributed by atoms with Gasteiger partial charge in [0.25, 0.3) is 11.4 Å². The maximum Gasteiger partial charge on any atom is 0.332 e. The number of nitrogens with zero attached hydrogens (tertiary/aromatic N) is 2. The van der Waals surface area contributed by atoms with Crippen molar-refractivity contribution >= 4 is 23.0 Å². The van der Waals surface area contributed by atoms with Crippen LogP contribution in [0.5, 0.6) is 0 Å². The summed E-state index contributed by atoms with van der Waals surface area (Å²) in [6, 6.07) is 3.42. The van der Waals surface area contributed by atoms with Crippen LogP contribution >= 0.6 is 0 Å². The van der Waals surface area contributed by atoms with E-state index in [1.807, 2.05) is 0 Å². The number of esters is 1. The van der Waals surface area contributed by atoms with Crippen LogP contribution in [0.15, 0.2) is 18.2 Å². The number of rotatable bonds is 38. The first-order chi connectivity index (χ1) is 26.1. The van der Waals surface area contributed by atoms with Crippen molar-refractivity contribution < 1.29 is 71.5 Å². The van der Waals surface area contributed by atoms with Crippen molar-refractivity contribution in [1.29, 1.82) is 0 Å². The fraction of sp³-hybridized carbons (Fsp3) is 0.794. The summed E-state index contributed by atoms with van der Waals surface area (Å²) in [5, 5.41) is 24.8. The number of carbonyl (C=O) groups is 1. The van der Waals surface area contributed by atoms with Crippen molar-refractivity contribution in [3.8, 4) is 0 Å². The molecule has 0 aliphatic rings. The Morgan fingerprint density at radius 3 is 1.19 bits per heavy atom. The molecule has 0 atom stereocenters. The van der Waals surface area contributed by atoms with E-state index in [0.717, 1.165) is 6.07 Å². The first-order valence-corrected chi connectivity index (χ1v) is 17.8. The quantitative estimate of drug-likeness (QED) is 0.0440. The molecule has 54 heavy (non-hydrogen) atoms. The Hall–Kier alpha value is -3.15. The van der Waals surface area contributed by atoms with Gasteiger partial charge in [0.05, 0.1) is 155 Å². The average molecular weight is 782 g/mol. The molecule has 1 aromatic rings. The number of ether oxygens (including phenoxy) is 12. The molecule has 0 spiro atoms. The van der Waals surface area contributed by atoms with Crippen LogP contribution < -0.4 is 5.32 Å². The number of nitrogens with one attached hydrogen (secondary N) is 1. The standard InChI is InChI=1S/C34H59N3O17/c1-34(2,3)54-33(38)29-53-27-26-52-25-24-51-23-22-50-21-20-49-19-18-48-17-16-47-15-14-46-13-12-45-11-10-44-9-8-43-7-6-35-31-5-4-30(36(39)40)28-32(31)37(41)42/h4-5,28,35H,6-27,29H2,1-3H3. The average Bonchev–Trinajstić information content (AvgIpc) is 3.12. The molecule has 0 aliphatic carbocycles. The summed E-state index contributed by atoms with van der Waals surface area (Å²) in [7, 11) is 0. The van der Waals surface area contributed by atoms with Crippen LogP contribution in [-0.4, -0.2) is 173 Å². The van der Waals surface area contributed by atoms with Gasteiger partial charge in [0.2, 0.25) is 0 Å². The first kappa shape index (κ1) is 48.9. The van der Waals surface area contributed by atoms with E-state index in [4.69, 9.17) is 56.8 Å². The number of hydrogen-bond donors (Lipinski definition) is 1. The molecule has 0 fully saturated rings. The molecule has 20 nitrogen and oxygen atoms in total. The van der Waals surface area contributed by atoms with Crippen molar-refractivity contribution in [2.75, 3.05) is 157 Å². The topological polar surface area (TPSA) is 226 Å². The Labute approximate surface area is 316 Å². The zero-order valence-electron chi connectivity index (χ0n) is 31.8. The second kappa shape index (κ2) is 33.2. The minimum absolute atomic E-state index is 0.0970. The van der Waals surface area contributed by atoms with Crippen molar-refractivity contribution in [3.05, 3.63) is 38.4 Å². The van der Waals surface area contributed by atoms with Gasteiger partial charge in [-0.2, -0.15) is 0 Å². The highest BCUT2D eigenvalue weighted by molar-refractivity contribution is 5.71. The smallest absolute Gasteiger partial charge is 0.332 e. The fourth-order valence-corrected chi connectivity index (χ4v) is 3.92. The number of anilines is 1. The van der Waals surface area contributed by atoms with Crippen LogP contribution in [0.4, 0.5) is 17.1 Å². The fourth-order valence-electron chi connectivity index (χ4n) is 3.92. The molecule has 0 heterocycles. The summed E-state index contributed by atoms with van der Waals surface area (Å²) in [6.45, 7) is 14.3. The minimum Gasteiger partial charge on any atom is -0.458 e. The third kappa shape index (κ3) is 30.2. The number of benzene rings is 1. The molecule has 0 radical (unpaired) electrons. The highest BCUT2D eigenvalue weighted by Crippen LogP contribution is 2.28. The molecule has 0 saturated heterocycles. The van der Waals surface area contributed by atoms with E-state index in [2.05, 4.69) is 5.32 Å². The summed E-state index contributed by atoms with van der Waals surface area (Å²) in [6.07, 6.45) is 0. The van der Waals surface area contributed by atoms with Gasteiger partial charge in [-0.05, 0) is 26.8 Å². The second-order valence-electron chi connectivity index (χ2n) is 11.9. The normalized spacial score (nSPS) is 11.5. The van der Waals surface area contributed by atoms with Gasteiger partial charge in [-0.3, -0.25) is 20.2 Å². The summed E-state index contributed by atoms with van der Waals surface area (Å²) in [5.74, 6) is -0.399. The third-order valence-electron chi connectivity index (χ3n) is 6.31. The van der Waals surface area contributed by atoms with Gasteiger partial charge in [0.1, 0.15) is 17.9 Å². The lowest BCUT2D eigenvalue weighted by Gasteiger charge is -2.19. The molecule has 0 amide bonds. The van der Waals surface area contributed by atoms with Crippen LogP contribution in [0.1, 0.15) is 20.8 Å². The van der Waals surface area contributed by atoms with Gasteiger partial charge in [-0.15, -0.1) is 0 Å². The number of nitro groups is 2. The number of carbonyl (C=O) groups excluding carboxylic acids is 1. The maximum atomic E-state index is 11.5. The SMILES string of the molecule is CC(C)(C)OC(=O)COCCOCCOCCOCCOCCOCCOCCOCCOCCOCCOCCNc1ccc([N+](=O)[O-])cc1[N+](=O)[O-]. The Bertz CT molecular complexity index is 1110. The van der Waals surface area contributed by atoms with Gasteiger partial charge in [-0.1, -0.05) is 0 Å². The van der Waals surface area contributed by atoms with E-state index >= 15 is 0 Å². The lowest BCUT2D eigenvalue weighted by molar-refractivity contribution is -0.393. The van der Waals surface area contributed by atoms with Crippen LogP contribution in [0, 0.1) is 20.2 Å². The summed E-state index contributed by atoms with van der Waals surface area (Å²) in [5.41, 5.74) is -1.06. The Morgan fingerprint density at radius 2 is 0.870 bits per heavy atom. The summed E-state index contributed by atoms with van der Waals surface area (Å²) >= 11 is 0. The summed E-state index contributed by atoms with van der Waals surface area (Å²) < 4.78 is 64.7. The van der Waals surface area contributed by atoms with Crippen LogP contribution in [0.3, 0.4) is 0 Å². The summed E-state index contributed by atoms with van der Waals surface area (Å²) in [4.78, 5) is 32.1. The molecule has 0 unspecified atom stereocenters. The monoisotopic (exact) mass is 781 g/mol. The molecule has 1 aromatic carbocycles. The molecule has 1 N–H and O–H groups in total. The largest absolute Gasteiger partial charge is 0.458 e. The van der Waals surface area contributed by atoms with E-state index < -0.39 is 21.4 Å². The predicted octanol–water partition coefficient (Wildman–Crippen LogP) is 2.44. The molecule has 20 heteroatoms. The van der Waals surface area contributed by atoms with Crippen molar-refractivity contribution in [3.63, 3.8) is 0 Å². The Kier molecular flexibility index (Phi) is 30.1. The van der Waals surface area contributed by atoms with Gasteiger partial charge in [0.15, 0.2) is 0 Å². The van der Waals surface area contributed by atoms with E-state index in [1.165, 1.54) is 12.1 Å². The zero-order chi connectivity index (χ0) is 39.5. The number of nitro benzene ring substituents is 2. The van der Waals surface area contributed by atoms with E-state index in [9.17, 15) is 25.0 Å². The molecule has 0 aromatic heterocycles. The lowest BCUT2D eigenvalue weighted by Crippen LogP contribution is -2.27. The van der Waals surface area contributed by atoms with E-state index in [1.54, 1.807) is 20.8 Å². The van der Waals surface area contributed by atoms with Gasteiger partial charge in [-0.25, -0.2) is 4.79 Å². The zero-order valence-corrected chi connectivity index (χ0v) is 31.8. The van der Waals surface area contributed by atoms with Crippen molar-refractivity contribution in [1.82, 2.24) is 0 Å². The van der Waals surface area contributed by atoms with Crippen LogP contribution in [0.25, 0.3) is 0 Å². The van der Waals surface area contributed by atoms with E-state index in [-0.39, 0.29) is 36.8 Å². The molecule has 0 saturated carbocycles. The molecule has 0 aliphatic heterocycles. The maximum absolute atomic E-state index is 11.5. The molecular formula is C34H59N3O17. The molecule has 1 rings (SSSR count).